The van der Waals surface area contributed by atoms with Gasteiger partial charge in [0.25, 0.3) is 5.91 Å². The molecule has 2 N–H and O–H groups in total. The minimum Gasteiger partial charge on any atom is -0.366 e. The van der Waals surface area contributed by atoms with E-state index in [0.717, 1.165) is 0 Å². The molecule has 0 fully saturated rings. The molecule has 1 amide bonds. The molecule has 126 valence electrons. The summed E-state index contributed by atoms with van der Waals surface area (Å²) in [6, 6.07) is 16.8. The summed E-state index contributed by atoms with van der Waals surface area (Å²) in [5, 5.41) is 6.16. The van der Waals surface area contributed by atoms with Crippen molar-refractivity contribution in [2.75, 3.05) is 10.6 Å². The zero-order valence-corrected chi connectivity index (χ0v) is 13.9. The highest BCUT2D eigenvalue weighted by Gasteiger charge is 2.10. The van der Waals surface area contributed by atoms with Crippen molar-refractivity contribution in [3.8, 4) is 0 Å². The lowest BCUT2D eigenvalue weighted by molar-refractivity contribution is 0.102. The van der Waals surface area contributed by atoms with E-state index in [-0.39, 0.29) is 11.7 Å². The standard InChI is InChI=1S/C19H15ClFN3O/c20-16-7-3-2-6-15(16)19(25)24-14-9-10-18(23-12-14)22-11-13-5-1-4-8-17(13)21/h1-10,12H,11H2,(H,22,23)(H,24,25). The van der Waals surface area contributed by atoms with Gasteiger partial charge in [0.05, 0.1) is 22.5 Å². The van der Waals surface area contributed by atoms with E-state index in [1.807, 2.05) is 0 Å². The molecular formula is C19H15ClFN3O. The first kappa shape index (κ1) is 16.9. The Kier molecular flexibility index (Phi) is 5.26. The van der Waals surface area contributed by atoms with E-state index >= 15 is 0 Å². The molecule has 0 unspecified atom stereocenters. The van der Waals surface area contributed by atoms with Crippen molar-refractivity contribution in [2.45, 2.75) is 6.54 Å². The van der Waals surface area contributed by atoms with Gasteiger partial charge in [-0.3, -0.25) is 4.79 Å². The Morgan fingerprint density at radius 1 is 1.04 bits per heavy atom. The molecule has 6 heteroatoms. The molecule has 0 aliphatic rings. The highest BCUT2D eigenvalue weighted by atomic mass is 35.5. The number of carbonyl (C=O) groups excluding carboxylic acids is 1. The minimum absolute atomic E-state index is 0.265. The molecule has 0 aliphatic carbocycles. The van der Waals surface area contributed by atoms with E-state index < -0.39 is 0 Å². The van der Waals surface area contributed by atoms with Crippen LogP contribution in [0.1, 0.15) is 15.9 Å². The molecule has 0 saturated carbocycles. The normalized spacial score (nSPS) is 10.3. The number of halogens is 2. The van der Waals surface area contributed by atoms with Crippen molar-refractivity contribution in [3.05, 3.63) is 88.8 Å². The average molecular weight is 356 g/mol. The van der Waals surface area contributed by atoms with Crippen molar-refractivity contribution in [1.29, 1.82) is 0 Å². The fraction of sp³-hybridized carbons (Fsp3) is 0.0526. The summed E-state index contributed by atoms with van der Waals surface area (Å²) in [6.45, 7) is 0.324. The molecule has 0 radical (unpaired) electrons. The van der Waals surface area contributed by atoms with Crippen LogP contribution in [0.15, 0.2) is 66.9 Å². The number of nitrogens with one attached hydrogen (secondary N) is 2. The molecule has 0 saturated heterocycles. The van der Waals surface area contributed by atoms with Gasteiger partial charge in [-0.1, -0.05) is 41.9 Å². The third kappa shape index (κ3) is 4.33. The van der Waals surface area contributed by atoms with Gasteiger partial charge in [0.15, 0.2) is 0 Å². The second kappa shape index (κ2) is 7.77. The summed E-state index contributed by atoms with van der Waals surface area (Å²) in [7, 11) is 0. The predicted octanol–water partition coefficient (Wildman–Crippen LogP) is 4.74. The second-order valence-corrected chi connectivity index (χ2v) is 5.72. The molecule has 2 aromatic carbocycles. The Hall–Kier alpha value is -2.92. The monoisotopic (exact) mass is 355 g/mol. The number of aromatic nitrogens is 1. The first-order chi connectivity index (χ1) is 12.1. The van der Waals surface area contributed by atoms with Crippen LogP contribution in [0.5, 0.6) is 0 Å². The van der Waals surface area contributed by atoms with Crippen LogP contribution in [0.3, 0.4) is 0 Å². The van der Waals surface area contributed by atoms with E-state index in [0.29, 0.717) is 34.2 Å². The number of carbonyl (C=O) groups is 1. The number of benzene rings is 2. The molecule has 3 rings (SSSR count). The van der Waals surface area contributed by atoms with Crippen molar-refractivity contribution in [2.24, 2.45) is 0 Å². The molecule has 0 aliphatic heterocycles. The SMILES string of the molecule is O=C(Nc1ccc(NCc2ccccc2F)nc1)c1ccccc1Cl. The fourth-order valence-electron chi connectivity index (χ4n) is 2.24. The van der Waals surface area contributed by atoms with Crippen LogP contribution < -0.4 is 10.6 Å². The summed E-state index contributed by atoms with van der Waals surface area (Å²) in [4.78, 5) is 16.4. The van der Waals surface area contributed by atoms with Gasteiger partial charge in [-0.05, 0) is 30.3 Å². The van der Waals surface area contributed by atoms with Gasteiger partial charge in [0, 0.05) is 12.1 Å². The van der Waals surface area contributed by atoms with Gasteiger partial charge in [-0.2, -0.15) is 0 Å². The van der Waals surface area contributed by atoms with Crippen LogP contribution >= 0.6 is 11.6 Å². The minimum atomic E-state index is -0.306. The molecule has 0 spiro atoms. The molecule has 25 heavy (non-hydrogen) atoms. The molecule has 0 bridgehead atoms. The summed E-state index contributed by atoms with van der Waals surface area (Å²) < 4.78 is 13.6. The quantitative estimate of drug-likeness (QED) is 0.695. The maximum atomic E-state index is 13.6. The van der Waals surface area contributed by atoms with E-state index in [4.69, 9.17) is 11.6 Å². The first-order valence-corrected chi connectivity index (χ1v) is 8.00. The first-order valence-electron chi connectivity index (χ1n) is 7.63. The molecule has 4 nitrogen and oxygen atoms in total. The Morgan fingerprint density at radius 2 is 1.80 bits per heavy atom. The van der Waals surface area contributed by atoms with Gasteiger partial charge < -0.3 is 10.6 Å². The Labute approximate surface area is 149 Å². The lowest BCUT2D eigenvalue weighted by Crippen LogP contribution is -2.12. The maximum Gasteiger partial charge on any atom is 0.257 e. The number of nitrogens with zero attached hydrogens (tertiary/aromatic N) is 1. The summed E-state index contributed by atoms with van der Waals surface area (Å²) in [5.74, 6) is 0.0112. The van der Waals surface area contributed by atoms with Crippen LogP contribution in [-0.4, -0.2) is 10.9 Å². The van der Waals surface area contributed by atoms with Crippen LogP contribution in [0.25, 0.3) is 0 Å². The van der Waals surface area contributed by atoms with Crippen LogP contribution in [0.2, 0.25) is 5.02 Å². The number of amides is 1. The van der Waals surface area contributed by atoms with Crippen molar-refractivity contribution in [1.82, 2.24) is 4.98 Å². The van der Waals surface area contributed by atoms with Gasteiger partial charge in [0.1, 0.15) is 11.6 Å². The summed E-state index contributed by atoms with van der Waals surface area (Å²) >= 11 is 6.01. The smallest absolute Gasteiger partial charge is 0.257 e. The zero-order valence-electron chi connectivity index (χ0n) is 13.2. The maximum absolute atomic E-state index is 13.6. The summed E-state index contributed by atoms with van der Waals surface area (Å²) in [6.07, 6.45) is 1.53. The van der Waals surface area contributed by atoms with E-state index in [1.165, 1.54) is 12.3 Å². The van der Waals surface area contributed by atoms with Gasteiger partial charge >= 0.3 is 0 Å². The van der Waals surface area contributed by atoms with E-state index in [2.05, 4.69) is 15.6 Å². The van der Waals surface area contributed by atoms with Gasteiger partial charge in [-0.25, -0.2) is 9.37 Å². The lowest BCUT2D eigenvalue weighted by Gasteiger charge is -2.09. The average Bonchev–Trinajstić information content (AvgIpc) is 2.62. The fourth-order valence-corrected chi connectivity index (χ4v) is 2.47. The predicted molar refractivity (Wildman–Crippen MR) is 97.4 cm³/mol. The molecular weight excluding hydrogens is 341 g/mol. The molecule has 3 aromatic rings. The molecule has 1 heterocycles. The van der Waals surface area contributed by atoms with Crippen molar-refractivity contribution in [3.63, 3.8) is 0 Å². The lowest BCUT2D eigenvalue weighted by atomic mass is 10.2. The molecule has 0 atom stereocenters. The Bertz CT molecular complexity index is 884. The van der Waals surface area contributed by atoms with Crippen molar-refractivity contribution < 1.29 is 9.18 Å². The highest BCUT2D eigenvalue weighted by Crippen LogP contribution is 2.18. The van der Waals surface area contributed by atoms with Crippen LogP contribution in [0.4, 0.5) is 15.9 Å². The number of rotatable bonds is 5. The van der Waals surface area contributed by atoms with Gasteiger partial charge in [0.2, 0.25) is 0 Å². The highest BCUT2D eigenvalue weighted by molar-refractivity contribution is 6.34. The zero-order chi connectivity index (χ0) is 17.6. The van der Waals surface area contributed by atoms with E-state index in [9.17, 15) is 9.18 Å². The summed E-state index contributed by atoms with van der Waals surface area (Å²) in [5.41, 5.74) is 1.49. The van der Waals surface area contributed by atoms with Crippen LogP contribution in [-0.2, 0) is 6.54 Å². The Morgan fingerprint density at radius 3 is 2.52 bits per heavy atom. The second-order valence-electron chi connectivity index (χ2n) is 5.31. The van der Waals surface area contributed by atoms with Crippen LogP contribution in [0, 0.1) is 5.82 Å². The third-order valence-corrected chi connectivity index (χ3v) is 3.89. The number of hydrogen-bond acceptors (Lipinski definition) is 3. The topological polar surface area (TPSA) is 54.0 Å². The van der Waals surface area contributed by atoms with Gasteiger partial charge in [-0.15, -0.1) is 0 Å². The third-order valence-electron chi connectivity index (χ3n) is 3.56. The van der Waals surface area contributed by atoms with Crippen molar-refractivity contribution >= 4 is 29.0 Å². The number of pyridine rings is 1. The Balaban J connectivity index is 1.62. The largest absolute Gasteiger partial charge is 0.366 e. The molecule has 1 aromatic heterocycles. The number of hydrogen-bond donors (Lipinski definition) is 2. The van der Waals surface area contributed by atoms with E-state index in [1.54, 1.807) is 54.6 Å². The number of anilines is 2.